The van der Waals surface area contributed by atoms with Gasteiger partial charge in [0.15, 0.2) is 0 Å². The Bertz CT molecular complexity index is 846. The van der Waals surface area contributed by atoms with Gasteiger partial charge in [-0.15, -0.1) is 0 Å². The summed E-state index contributed by atoms with van der Waals surface area (Å²) in [5.41, 5.74) is 2.25. The molecule has 1 amide bonds. The van der Waals surface area contributed by atoms with Crippen molar-refractivity contribution in [3.05, 3.63) is 71.9 Å². The Morgan fingerprint density at radius 2 is 1.71 bits per heavy atom. The Hall–Kier alpha value is -1.82. The van der Waals surface area contributed by atoms with E-state index in [-0.39, 0.29) is 44.2 Å². The summed E-state index contributed by atoms with van der Waals surface area (Å²) in [4.78, 5) is 26.8. The van der Waals surface area contributed by atoms with Gasteiger partial charge in [0.05, 0.1) is 0 Å². The van der Waals surface area contributed by atoms with Crippen LogP contribution in [0.2, 0.25) is 0 Å². The van der Waals surface area contributed by atoms with E-state index < -0.39 is 17.9 Å². The van der Waals surface area contributed by atoms with Crippen molar-refractivity contribution >= 4 is 60.5 Å². The van der Waals surface area contributed by atoms with E-state index in [4.69, 9.17) is 0 Å². The molecule has 1 aromatic heterocycles. The predicted molar refractivity (Wildman–Crippen MR) is 95.9 cm³/mol. The van der Waals surface area contributed by atoms with Gasteiger partial charge in [-0.25, -0.2) is 4.79 Å². The molecule has 0 bridgehead atoms. The molecule has 24 heavy (non-hydrogen) atoms. The summed E-state index contributed by atoms with van der Waals surface area (Å²) in [6.45, 7) is 0. The number of para-hydroxylation sites is 1. The fourth-order valence-electron chi connectivity index (χ4n) is 2.55. The Balaban J connectivity index is 0.00000208. The van der Waals surface area contributed by atoms with Gasteiger partial charge in [0.25, 0.3) is 5.91 Å². The van der Waals surface area contributed by atoms with Crippen LogP contribution in [0.15, 0.2) is 60.8 Å². The fraction of sp³-hybridized carbons (Fsp3) is 0.111. The number of aliphatic carboxylic acids is 1. The Morgan fingerprint density at radius 3 is 2.42 bits per heavy atom. The number of H-pyrrole nitrogens is 1. The van der Waals surface area contributed by atoms with Gasteiger partial charge < -0.3 is 15.4 Å². The molecule has 6 heteroatoms. The molecule has 2 aromatic carbocycles. The maximum absolute atomic E-state index is 12.2. The molecule has 1 unspecified atom stereocenters. The average Bonchev–Trinajstić information content (AvgIpc) is 2.98. The molecule has 0 aliphatic rings. The van der Waals surface area contributed by atoms with E-state index in [0.29, 0.717) is 5.56 Å². The van der Waals surface area contributed by atoms with E-state index in [1.54, 1.807) is 36.5 Å². The van der Waals surface area contributed by atoms with Crippen LogP contribution in [0.3, 0.4) is 0 Å². The van der Waals surface area contributed by atoms with Gasteiger partial charge in [-0.1, -0.05) is 36.4 Å². The number of amides is 1. The first kappa shape index (κ1) is 18.5. The van der Waals surface area contributed by atoms with Crippen LogP contribution in [0.4, 0.5) is 0 Å². The fourth-order valence-corrected chi connectivity index (χ4v) is 2.55. The number of carbonyl (C=O) groups excluding carboxylic acids is 1. The molecule has 3 rings (SSSR count). The van der Waals surface area contributed by atoms with Crippen molar-refractivity contribution in [2.75, 3.05) is 0 Å². The van der Waals surface area contributed by atoms with Crippen molar-refractivity contribution in [3.8, 4) is 0 Å². The van der Waals surface area contributed by atoms with Crippen molar-refractivity contribution in [2.45, 2.75) is 12.5 Å². The number of aromatic amines is 1. The summed E-state index contributed by atoms with van der Waals surface area (Å²) >= 11 is 0. The minimum atomic E-state index is -1.06. The van der Waals surface area contributed by atoms with Crippen LogP contribution in [0.25, 0.3) is 10.9 Å². The number of hydrogen-bond donors (Lipinski definition) is 3. The van der Waals surface area contributed by atoms with E-state index in [9.17, 15) is 14.7 Å². The summed E-state index contributed by atoms with van der Waals surface area (Å²) in [5.74, 6) is -1.45. The van der Waals surface area contributed by atoms with Gasteiger partial charge in [-0.3, -0.25) is 4.79 Å². The number of benzene rings is 2. The van der Waals surface area contributed by atoms with E-state index in [1.165, 1.54) is 0 Å². The molecule has 0 saturated carbocycles. The standard InChI is InChI=1S/C18H16N2O3.Ca.2H/c21-17(12-6-2-1-3-7-12)20-16(18(22)23)10-13-11-19-15-9-5-4-8-14(13)15;;;/h1-9,11,16,19H,10H2,(H,20,21)(H,22,23);;;. The number of rotatable bonds is 5. The van der Waals surface area contributed by atoms with Crippen molar-refractivity contribution < 1.29 is 14.7 Å². The first-order chi connectivity index (χ1) is 11.1. The van der Waals surface area contributed by atoms with Gasteiger partial charge in [0.1, 0.15) is 6.04 Å². The summed E-state index contributed by atoms with van der Waals surface area (Å²) in [6.07, 6.45) is 2.01. The van der Waals surface area contributed by atoms with E-state index in [0.717, 1.165) is 16.5 Å². The Labute approximate surface area is 169 Å². The summed E-state index contributed by atoms with van der Waals surface area (Å²) in [5, 5.41) is 13.0. The third-order valence-electron chi connectivity index (χ3n) is 3.74. The summed E-state index contributed by atoms with van der Waals surface area (Å²) < 4.78 is 0. The first-order valence-electron chi connectivity index (χ1n) is 7.29. The van der Waals surface area contributed by atoms with Crippen molar-refractivity contribution in [1.29, 1.82) is 0 Å². The molecule has 3 N–H and O–H groups in total. The zero-order valence-electron chi connectivity index (χ0n) is 12.3. The van der Waals surface area contributed by atoms with Crippen LogP contribution in [0, 0.1) is 0 Å². The van der Waals surface area contributed by atoms with E-state index >= 15 is 0 Å². The molecule has 0 aliphatic carbocycles. The molecule has 0 radical (unpaired) electrons. The van der Waals surface area contributed by atoms with Gasteiger partial charge in [-0.05, 0) is 23.8 Å². The molecular weight excluding hydrogens is 332 g/mol. The molecule has 5 nitrogen and oxygen atoms in total. The SMILES string of the molecule is O=C(NC(Cc1c[nH]c2ccccc12)C(=O)O)c1ccccc1.[CaH2]. The molecule has 3 aromatic rings. The normalized spacial score (nSPS) is 11.5. The summed E-state index contributed by atoms with van der Waals surface area (Å²) in [6, 6.07) is 15.3. The second kappa shape index (κ2) is 8.33. The number of fused-ring (bicyclic) bond motifs is 1. The molecule has 0 aliphatic heterocycles. The van der Waals surface area contributed by atoms with Crippen LogP contribution < -0.4 is 5.32 Å². The van der Waals surface area contributed by atoms with Gasteiger partial charge in [0.2, 0.25) is 0 Å². The second-order valence-corrected chi connectivity index (χ2v) is 5.29. The number of carboxylic acids is 1. The van der Waals surface area contributed by atoms with Gasteiger partial charge in [-0.2, -0.15) is 0 Å². The van der Waals surface area contributed by atoms with Crippen LogP contribution >= 0.6 is 0 Å². The third-order valence-corrected chi connectivity index (χ3v) is 3.74. The van der Waals surface area contributed by atoms with Crippen molar-refractivity contribution in [3.63, 3.8) is 0 Å². The van der Waals surface area contributed by atoms with Gasteiger partial charge in [0, 0.05) is 29.1 Å². The van der Waals surface area contributed by atoms with E-state index in [2.05, 4.69) is 10.3 Å². The first-order valence-corrected chi connectivity index (χ1v) is 7.29. The quantitative estimate of drug-likeness (QED) is 0.612. The van der Waals surface area contributed by atoms with Crippen molar-refractivity contribution in [1.82, 2.24) is 10.3 Å². The maximum atomic E-state index is 12.2. The molecule has 0 spiro atoms. The van der Waals surface area contributed by atoms with Gasteiger partial charge >= 0.3 is 43.7 Å². The molecule has 1 heterocycles. The molecule has 120 valence electrons. The Kier molecular flexibility index (Phi) is 6.43. The van der Waals surface area contributed by atoms with Crippen molar-refractivity contribution in [2.24, 2.45) is 0 Å². The van der Waals surface area contributed by atoms with Crippen LogP contribution in [-0.2, 0) is 11.2 Å². The predicted octanol–water partition coefficient (Wildman–Crippen LogP) is 1.68. The number of nitrogens with one attached hydrogen (secondary N) is 2. The van der Waals surface area contributed by atoms with Crippen LogP contribution in [-0.4, -0.2) is 65.7 Å². The Morgan fingerprint density at radius 1 is 1.04 bits per heavy atom. The zero-order valence-corrected chi connectivity index (χ0v) is 12.3. The summed E-state index contributed by atoms with van der Waals surface area (Å²) in [7, 11) is 0. The number of carboxylic acid groups (broad SMARTS) is 1. The second-order valence-electron chi connectivity index (χ2n) is 5.29. The monoisotopic (exact) mass is 350 g/mol. The van der Waals surface area contributed by atoms with Crippen LogP contribution in [0.1, 0.15) is 15.9 Å². The minimum absolute atomic E-state index is 0. The number of aromatic nitrogens is 1. The molecule has 0 fully saturated rings. The van der Waals surface area contributed by atoms with E-state index in [1.807, 2.05) is 24.3 Å². The van der Waals surface area contributed by atoms with Crippen LogP contribution in [0.5, 0.6) is 0 Å². The number of carbonyl (C=O) groups is 2. The third kappa shape index (κ3) is 4.17. The molecule has 1 atom stereocenters. The number of hydrogen-bond acceptors (Lipinski definition) is 2. The molecule has 0 saturated heterocycles. The molecular formula is C18H18CaN2O3. The average molecular weight is 350 g/mol. The topological polar surface area (TPSA) is 82.2 Å². The zero-order chi connectivity index (χ0) is 16.2.